The second kappa shape index (κ2) is 3.44. The van der Waals surface area contributed by atoms with Gasteiger partial charge in [0.1, 0.15) is 10.4 Å². The van der Waals surface area contributed by atoms with Crippen LogP contribution < -0.4 is 4.90 Å². The van der Waals surface area contributed by atoms with Crippen molar-refractivity contribution >= 4 is 21.7 Å². The number of halogens is 1. The van der Waals surface area contributed by atoms with Gasteiger partial charge in [-0.2, -0.15) is 0 Å². The minimum absolute atomic E-state index is 0.909. The molecule has 2 heterocycles. The molecule has 0 aromatic carbocycles. The third-order valence-corrected chi connectivity index (χ3v) is 2.42. The van der Waals surface area contributed by atoms with E-state index in [2.05, 4.69) is 32.2 Å². The molecule has 1 saturated heterocycles. The average Bonchev–Trinajstić information content (AvgIpc) is 2.56. The minimum Gasteiger partial charge on any atom is -0.356 e. The highest BCUT2D eigenvalue weighted by molar-refractivity contribution is 9.10. The van der Waals surface area contributed by atoms with Gasteiger partial charge in [0.15, 0.2) is 0 Å². The first kappa shape index (κ1) is 8.05. The summed E-state index contributed by atoms with van der Waals surface area (Å²) in [5, 5.41) is 0. The number of hydrogen-bond acceptors (Lipinski definition) is 2. The molecule has 0 saturated carbocycles. The molecule has 1 radical (unpaired) electrons. The Hall–Kier alpha value is -0.570. The summed E-state index contributed by atoms with van der Waals surface area (Å²) in [5.74, 6) is 1.07. The monoisotopic (exact) mass is 225 g/mol. The quantitative estimate of drug-likeness (QED) is 0.683. The summed E-state index contributed by atoms with van der Waals surface area (Å²) < 4.78 is 0.909. The fourth-order valence-corrected chi connectivity index (χ4v) is 1.70. The Bertz CT molecular complexity index is 269. The zero-order chi connectivity index (χ0) is 8.39. The van der Waals surface area contributed by atoms with Crippen molar-refractivity contribution < 1.29 is 0 Å². The average molecular weight is 226 g/mol. The van der Waals surface area contributed by atoms with E-state index in [0.29, 0.717) is 0 Å². The van der Waals surface area contributed by atoms with Crippen LogP contribution in [0.15, 0.2) is 22.8 Å². The second-order valence-corrected chi connectivity index (χ2v) is 3.65. The molecule has 12 heavy (non-hydrogen) atoms. The van der Waals surface area contributed by atoms with Gasteiger partial charge in [-0.05, 0) is 40.9 Å². The highest BCUT2D eigenvalue weighted by atomic mass is 79.9. The van der Waals surface area contributed by atoms with Crippen molar-refractivity contribution in [2.75, 3.05) is 18.0 Å². The Morgan fingerprint density at radius 3 is 3.00 bits per heavy atom. The van der Waals surface area contributed by atoms with E-state index in [0.717, 1.165) is 23.5 Å². The van der Waals surface area contributed by atoms with Gasteiger partial charge in [-0.25, -0.2) is 4.98 Å². The molecule has 1 aliphatic rings. The number of nitrogens with zero attached hydrogens (tertiary/aromatic N) is 2. The number of pyridine rings is 1. The van der Waals surface area contributed by atoms with Crippen LogP contribution in [0, 0.1) is 6.42 Å². The molecule has 0 atom stereocenters. The number of hydrogen-bond donors (Lipinski definition) is 0. The molecule has 1 aromatic rings. The van der Waals surface area contributed by atoms with E-state index in [1.165, 1.54) is 6.42 Å². The Morgan fingerprint density at radius 1 is 1.42 bits per heavy atom. The summed E-state index contributed by atoms with van der Waals surface area (Å²) in [4.78, 5) is 6.65. The van der Waals surface area contributed by atoms with E-state index < -0.39 is 0 Å². The summed E-state index contributed by atoms with van der Waals surface area (Å²) >= 11 is 3.36. The first-order valence-electron chi connectivity index (χ1n) is 4.05. The van der Waals surface area contributed by atoms with Crippen LogP contribution in [-0.2, 0) is 0 Å². The third kappa shape index (κ3) is 1.61. The van der Waals surface area contributed by atoms with Crippen LogP contribution in [0.5, 0.6) is 0 Å². The molecule has 0 N–H and O–H groups in total. The fourth-order valence-electron chi connectivity index (χ4n) is 1.37. The summed E-state index contributed by atoms with van der Waals surface area (Å²) in [7, 11) is 0. The standard InChI is InChI=1S/C9H10BrN2/c10-8-4-3-5-9(11-8)12-6-1-2-7-12/h1,3-5H,2,6-7H2. The molecular formula is C9H10BrN2. The van der Waals surface area contributed by atoms with E-state index in [1.807, 2.05) is 18.2 Å². The van der Waals surface area contributed by atoms with Crippen LogP contribution in [0.25, 0.3) is 0 Å². The number of rotatable bonds is 1. The van der Waals surface area contributed by atoms with E-state index >= 15 is 0 Å². The van der Waals surface area contributed by atoms with Crippen molar-refractivity contribution in [2.45, 2.75) is 6.42 Å². The summed E-state index contributed by atoms with van der Waals surface area (Å²) in [6.45, 7) is 2.13. The van der Waals surface area contributed by atoms with Gasteiger partial charge in [0.2, 0.25) is 0 Å². The van der Waals surface area contributed by atoms with Crippen molar-refractivity contribution in [2.24, 2.45) is 0 Å². The summed E-state index contributed by atoms with van der Waals surface area (Å²) in [5.41, 5.74) is 0. The van der Waals surface area contributed by atoms with Crippen molar-refractivity contribution in [3.63, 3.8) is 0 Å². The maximum Gasteiger partial charge on any atom is 0.129 e. The van der Waals surface area contributed by atoms with Crippen LogP contribution in [0.1, 0.15) is 6.42 Å². The molecule has 1 fully saturated rings. The molecule has 3 heteroatoms. The smallest absolute Gasteiger partial charge is 0.129 e. The molecule has 0 aliphatic carbocycles. The molecule has 0 spiro atoms. The second-order valence-electron chi connectivity index (χ2n) is 2.84. The molecule has 2 rings (SSSR count). The van der Waals surface area contributed by atoms with Crippen molar-refractivity contribution in [1.29, 1.82) is 0 Å². The van der Waals surface area contributed by atoms with Crippen LogP contribution >= 0.6 is 15.9 Å². The van der Waals surface area contributed by atoms with Crippen LogP contribution in [0.3, 0.4) is 0 Å². The first-order chi connectivity index (χ1) is 5.86. The fraction of sp³-hybridized carbons (Fsp3) is 0.333. The maximum atomic E-state index is 4.38. The Morgan fingerprint density at radius 2 is 2.33 bits per heavy atom. The van der Waals surface area contributed by atoms with Crippen LogP contribution in [-0.4, -0.2) is 18.1 Å². The van der Waals surface area contributed by atoms with E-state index in [1.54, 1.807) is 0 Å². The predicted octanol–water partition coefficient (Wildman–Crippen LogP) is 2.26. The van der Waals surface area contributed by atoms with Gasteiger partial charge in [0.05, 0.1) is 0 Å². The van der Waals surface area contributed by atoms with Gasteiger partial charge in [0.25, 0.3) is 0 Å². The predicted molar refractivity (Wildman–Crippen MR) is 53.1 cm³/mol. The molecule has 0 amide bonds. The number of anilines is 1. The molecule has 1 aliphatic heterocycles. The minimum atomic E-state index is 0.909. The SMILES string of the molecule is Brc1cccc(N2C[CH]CC2)n1. The topological polar surface area (TPSA) is 16.1 Å². The molecule has 63 valence electrons. The van der Waals surface area contributed by atoms with Crippen molar-refractivity contribution in [1.82, 2.24) is 4.98 Å². The van der Waals surface area contributed by atoms with E-state index in [-0.39, 0.29) is 0 Å². The summed E-state index contributed by atoms with van der Waals surface area (Å²) in [6.07, 6.45) is 3.46. The first-order valence-corrected chi connectivity index (χ1v) is 4.85. The van der Waals surface area contributed by atoms with E-state index in [9.17, 15) is 0 Å². The lowest BCUT2D eigenvalue weighted by Gasteiger charge is -2.15. The van der Waals surface area contributed by atoms with Crippen molar-refractivity contribution in [3.05, 3.63) is 29.2 Å². The molecule has 0 unspecified atom stereocenters. The lowest BCUT2D eigenvalue weighted by atomic mass is 10.4. The molecular weight excluding hydrogens is 216 g/mol. The highest BCUT2D eigenvalue weighted by Gasteiger charge is 2.12. The molecule has 0 bridgehead atoms. The lowest BCUT2D eigenvalue weighted by molar-refractivity contribution is 0.934. The normalized spacial score (nSPS) is 16.9. The van der Waals surface area contributed by atoms with Gasteiger partial charge in [-0.15, -0.1) is 0 Å². The zero-order valence-corrected chi connectivity index (χ0v) is 8.29. The largest absolute Gasteiger partial charge is 0.356 e. The molecule has 1 aromatic heterocycles. The molecule has 2 nitrogen and oxygen atoms in total. The van der Waals surface area contributed by atoms with Gasteiger partial charge < -0.3 is 4.90 Å². The summed E-state index contributed by atoms with van der Waals surface area (Å²) in [6, 6.07) is 6.01. The van der Waals surface area contributed by atoms with Gasteiger partial charge in [0, 0.05) is 13.1 Å². The third-order valence-electron chi connectivity index (χ3n) is 1.98. The van der Waals surface area contributed by atoms with Crippen LogP contribution in [0.2, 0.25) is 0 Å². The van der Waals surface area contributed by atoms with Crippen LogP contribution in [0.4, 0.5) is 5.82 Å². The van der Waals surface area contributed by atoms with Crippen molar-refractivity contribution in [3.8, 4) is 0 Å². The maximum absolute atomic E-state index is 4.38. The lowest BCUT2D eigenvalue weighted by Crippen LogP contribution is -2.18. The number of aromatic nitrogens is 1. The Kier molecular flexibility index (Phi) is 2.30. The Labute approximate surface area is 80.7 Å². The van der Waals surface area contributed by atoms with Gasteiger partial charge >= 0.3 is 0 Å². The van der Waals surface area contributed by atoms with Gasteiger partial charge in [-0.3, -0.25) is 0 Å². The zero-order valence-electron chi connectivity index (χ0n) is 6.70. The Balaban J connectivity index is 2.21. The van der Waals surface area contributed by atoms with E-state index in [4.69, 9.17) is 0 Å². The van der Waals surface area contributed by atoms with Gasteiger partial charge in [-0.1, -0.05) is 6.07 Å². The highest BCUT2D eigenvalue weighted by Crippen LogP contribution is 2.18.